The van der Waals surface area contributed by atoms with Crippen LogP contribution in [0.5, 0.6) is 0 Å². The first-order valence-corrected chi connectivity index (χ1v) is 11.0. The molecule has 0 bridgehead atoms. The van der Waals surface area contributed by atoms with Gasteiger partial charge in [-0.15, -0.1) is 0 Å². The van der Waals surface area contributed by atoms with Crippen LogP contribution in [0.1, 0.15) is 50.2 Å². The number of nitrogens with one attached hydrogen (secondary N) is 2. The van der Waals surface area contributed by atoms with Gasteiger partial charge in [0.2, 0.25) is 0 Å². The van der Waals surface area contributed by atoms with Crippen molar-refractivity contribution in [2.24, 2.45) is 4.99 Å². The number of rotatable bonds is 9. The fraction of sp³-hybridized carbons (Fsp3) is 0.591. The number of aliphatic imine (C=N–C) groups is 1. The van der Waals surface area contributed by atoms with Crippen LogP contribution < -0.4 is 10.6 Å². The van der Waals surface area contributed by atoms with E-state index in [0.717, 1.165) is 32.0 Å². The van der Waals surface area contributed by atoms with Gasteiger partial charge in [0, 0.05) is 13.1 Å². The van der Waals surface area contributed by atoms with Gasteiger partial charge in [0.1, 0.15) is 12.7 Å². The third kappa shape index (κ3) is 7.85. The summed E-state index contributed by atoms with van der Waals surface area (Å²) in [6.07, 6.45) is 9.95. The van der Waals surface area contributed by atoms with Gasteiger partial charge in [0.05, 0.1) is 13.1 Å². The molecule has 1 aliphatic heterocycles. The molecule has 7 heteroatoms. The summed E-state index contributed by atoms with van der Waals surface area (Å²) < 4.78 is 1.83. The van der Waals surface area contributed by atoms with Crippen LogP contribution in [0.3, 0.4) is 0 Å². The van der Waals surface area contributed by atoms with E-state index < -0.39 is 0 Å². The molecular weight excluding hydrogens is 362 g/mol. The Morgan fingerprint density at radius 1 is 1.10 bits per heavy atom. The van der Waals surface area contributed by atoms with Gasteiger partial charge in [-0.1, -0.05) is 37.1 Å². The fourth-order valence-electron chi connectivity index (χ4n) is 3.71. The van der Waals surface area contributed by atoms with Crippen LogP contribution in [0.4, 0.5) is 0 Å². The van der Waals surface area contributed by atoms with Gasteiger partial charge in [-0.05, 0) is 56.9 Å². The highest BCUT2D eigenvalue weighted by atomic mass is 15.3. The third-order valence-electron chi connectivity index (χ3n) is 5.21. The zero-order valence-corrected chi connectivity index (χ0v) is 17.7. The van der Waals surface area contributed by atoms with Gasteiger partial charge in [-0.3, -0.25) is 0 Å². The van der Waals surface area contributed by atoms with Crippen LogP contribution in [0.25, 0.3) is 0 Å². The second kappa shape index (κ2) is 12.2. The molecule has 1 saturated heterocycles. The molecule has 0 spiro atoms. The minimum absolute atomic E-state index is 0.659. The highest BCUT2D eigenvalue weighted by molar-refractivity contribution is 5.79. The van der Waals surface area contributed by atoms with Gasteiger partial charge < -0.3 is 15.5 Å². The molecule has 7 nitrogen and oxygen atoms in total. The number of benzene rings is 1. The predicted molar refractivity (Wildman–Crippen MR) is 118 cm³/mol. The Hall–Kier alpha value is -2.41. The van der Waals surface area contributed by atoms with Crippen LogP contribution >= 0.6 is 0 Å². The largest absolute Gasteiger partial charge is 0.357 e. The number of guanidine groups is 1. The molecule has 2 aromatic rings. The Bertz CT molecular complexity index is 719. The van der Waals surface area contributed by atoms with E-state index in [-0.39, 0.29) is 0 Å². The first-order chi connectivity index (χ1) is 14.3. The van der Waals surface area contributed by atoms with E-state index in [2.05, 4.69) is 56.8 Å². The molecule has 1 aliphatic rings. The Morgan fingerprint density at radius 2 is 1.93 bits per heavy atom. The first-order valence-electron chi connectivity index (χ1n) is 11.0. The Balaban J connectivity index is 1.45. The molecule has 0 unspecified atom stereocenters. The summed E-state index contributed by atoms with van der Waals surface area (Å²) >= 11 is 0. The summed E-state index contributed by atoms with van der Waals surface area (Å²) in [5.41, 5.74) is 2.41. The van der Waals surface area contributed by atoms with E-state index in [4.69, 9.17) is 4.99 Å². The van der Waals surface area contributed by atoms with E-state index in [1.807, 2.05) is 4.68 Å². The van der Waals surface area contributed by atoms with Gasteiger partial charge >= 0.3 is 0 Å². The van der Waals surface area contributed by atoms with Crippen molar-refractivity contribution in [3.05, 3.63) is 48.0 Å². The number of likely N-dealkylation sites (tertiary alicyclic amines) is 1. The summed E-state index contributed by atoms with van der Waals surface area (Å²) in [5, 5.41) is 11.0. The summed E-state index contributed by atoms with van der Waals surface area (Å²) in [6.45, 7) is 9.01. The van der Waals surface area contributed by atoms with E-state index in [9.17, 15) is 0 Å². The average Bonchev–Trinajstić information content (AvgIpc) is 3.10. The Kier molecular flexibility index (Phi) is 8.97. The monoisotopic (exact) mass is 397 g/mol. The summed E-state index contributed by atoms with van der Waals surface area (Å²) in [4.78, 5) is 11.4. The molecule has 3 rings (SSSR count). The summed E-state index contributed by atoms with van der Waals surface area (Å²) in [5.74, 6) is 0.894. The molecule has 29 heavy (non-hydrogen) atoms. The molecule has 2 N–H and O–H groups in total. The number of aromatic nitrogens is 3. The number of hydrogen-bond donors (Lipinski definition) is 2. The zero-order valence-electron chi connectivity index (χ0n) is 17.7. The molecule has 1 aromatic heterocycles. The number of nitrogens with zero attached hydrogens (tertiary/aromatic N) is 5. The smallest absolute Gasteiger partial charge is 0.191 e. The van der Waals surface area contributed by atoms with Crippen molar-refractivity contribution in [3.8, 4) is 0 Å². The molecule has 0 radical (unpaired) electrons. The standard InChI is InChI=1S/C22H35N7/c1-2-24-22(25-11-8-14-28-12-5-3-4-6-13-28)26-16-20-9-7-10-21(15-20)17-29-19-23-18-27-29/h7,9-10,15,18-19H,2-6,8,11-14,16-17H2,1H3,(H2,24,25,26). The minimum atomic E-state index is 0.659. The second-order valence-electron chi connectivity index (χ2n) is 7.64. The maximum absolute atomic E-state index is 4.77. The fourth-order valence-corrected chi connectivity index (χ4v) is 3.71. The maximum atomic E-state index is 4.77. The topological polar surface area (TPSA) is 70.4 Å². The molecule has 0 atom stereocenters. The van der Waals surface area contributed by atoms with Crippen LogP contribution in [0.2, 0.25) is 0 Å². The molecule has 1 aromatic carbocycles. The van der Waals surface area contributed by atoms with Crippen molar-refractivity contribution in [2.45, 2.75) is 52.1 Å². The van der Waals surface area contributed by atoms with Crippen molar-refractivity contribution in [3.63, 3.8) is 0 Å². The quantitative estimate of drug-likeness (QED) is 0.387. The van der Waals surface area contributed by atoms with E-state index >= 15 is 0 Å². The lowest BCUT2D eigenvalue weighted by Gasteiger charge is -2.20. The molecule has 1 fully saturated rings. The zero-order chi connectivity index (χ0) is 20.2. The summed E-state index contributed by atoms with van der Waals surface area (Å²) in [7, 11) is 0. The third-order valence-corrected chi connectivity index (χ3v) is 5.21. The Labute approximate surface area is 174 Å². The van der Waals surface area contributed by atoms with Crippen molar-refractivity contribution < 1.29 is 0 Å². The van der Waals surface area contributed by atoms with Crippen LogP contribution in [0, 0.1) is 0 Å². The molecule has 158 valence electrons. The molecule has 0 aliphatic carbocycles. The second-order valence-corrected chi connectivity index (χ2v) is 7.64. The van der Waals surface area contributed by atoms with Crippen molar-refractivity contribution in [2.75, 3.05) is 32.7 Å². The van der Waals surface area contributed by atoms with Gasteiger partial charge in [0.15, 0.2) is 5.96 Å². The maximum Gasteiger partial charge on any atom is 0.191 e. The molecule has 0 saturated carbocycles. The van der Waals surface area contributed by atoms with E-state index in [1.165, 1.54) is 56.4 Å². The SMILES string of the molecule is CCNC(=NCc1cccc(Cn2cncn2)c1)NCCCN1CCCCCC1. The predicted octanol–water partition coefficient (Wildman–Crippen LogP) is 2.65. The van der Waals surface area contributed by atoms with Crippen molar-refractivity contribution >= 4 is 5.96 Å². The molecule has 2 heterocycles. The molecular formula is C22H35N7. The van der Waals surface area contributed by atoms with Gasteiger partial charge in [-0.2, -0.15) is 5.10 Å². The summed E-state index contributed by atoms with van der Waals surface area (Å²) in [6, 6.07) is 8.51. The lowest BCUT2D eigenvalue weighted by atomic mass is 10.1. The van der Waals surface area contributed by atoms with Gasteiger partial charge in [-0.25, -0.2) is 14.7 Å². The van der Waals surface area contributed by atoms with E-state index in [1.54, 1.807) is 12.7 Å². The first kappa shape index (κ1) is 21.3. The van der Waals surface area contributed by atoms with Crippen molar-refractivity contribution in [1.82, 2.24) is 30.3 Å². The molecule has 0 amide bonds. The normalized spacial score (nSPS) is 15.8. The van der Waals surface area contributed by atoms with Crippen LogP contribution in [-0.2, 0) is 13.1 Å². The Morgan fingerprint density at radius 3 is 2.69 bits per heavy atom. The average molecular weight is 398 g/mol. The number of hydrogen-bond acceptors (Lipinski definition) is 4. The van der Waals surface area contributed by atoms with E-state index in [0.29, 0.717) is 6.54 Å². The van der Waals surface area contributed by atoms with Crippen LogP contribution in [0.15, 0.2) is 41.9 Å². The lowest BCUT2D eigenvalue weighted by Crippen LogP contribution is -2.39. The van der Waals surface area contributed by atoms with Crippen LogP contribution in [-0.4, -0.2) is 58.3 Å². The minimum Gasteiger partial charge on any atom is -0.357 e. The lowest BCUT2D eigenvalue weighted by molar-refractivity contribution is 0.282. The highest BCUT2D eigenvalue weighted by Crippen LogP contribution is 2.10. The van der Waals surface area contributed by atoms with Gasteiger partial charge in [0.25, 0.3) is 0 Å². The highest BCUT2D eigenvalue weighted by Gasteiger charge is 2.08. The van der Waals surface area contributed by atoms with Crippen molar-refractivity contribution in [1.29, 1.82) is 0 Å².